The van der Waals surface area contributed by atoms with Crippen LogP contribution in [0, 0.1) is 0 Å². The highest BCUT2D eigenvalue weighted by Crippen LogP contribution is 2.15. The molecule has 19 heavy (non-hydrogen) atoms. The summed E-state index contributed by atoms with van der Waals surface area (Å²) in [5.74, 6) is 0.582. The summed E-state index contributed by atoms with van der Waals surface area (Å²) < 4.78 is 2.68. The van der Waals surface area contributed by atoms with Crippen LogP contribution in [0.4, 0.5) is 5.69 Å². The fourth-order valence-electron chi connectivity index (χ4n) is 1.48. The first-order valence-electron chi connectivity index (χ1n) is 5.56. The van der Waals surface area contributed by atoms with Crippen molar-refractivity contribution in [1.82, 2.24) is 24.5 Å². The molecule has 0 unspecified atom stereocenters. The van der Waals surface area contributed by atoms with Crippen molar-refractivity contribution >= 4 is 17.3 Å². The first-order chi connectivity index (χ1) is 9.11. The average molecular weight is 285 g/mol. The molecule has 2 heterocycles. The molecule has 0 aliphatic carbocycles. The maximum absolute atomic E-state index is 11.8. The molecule has 0 radical (unpaired) electrons. The number of aliphatic hydroxyl groups excluding tert-OH is 1. The molecule has 0 saturated carbocycles. The van der Waals surface area contributed by atoms with Crippen LogP contribution in [-0.2, 0) is 20.1 Å². The van der Waals surface area contributed by atoms with E-state index in [0.717, 1.165) is 4.68 Å². The summed E-state index contributed by atoms with van der Waals surface area (Å²) in [4.78, 5) is 15.8. The number of aliphatic hydroxyl groups is 1. The van der Waals surface area contributed by atoms with E-state index in [9.17, 15) is 4.79 Å². The molecular formula is C10H13ClN6O2. The van der Waals surface area contributed by atoms with Gasteiger partial charge in [-0.2, -0.15) is 10.2 Å². The van der Waals surface area contributed by atoms with E-state index >= 15 is 0 Å². The van der Waals surface area contributed by atoms with E-state index in [2.05, 4.69) is 20.5 Å². The molecule has 0 bridgehead atoms. The van der Waals surface area contributed by atoms with Crippen molar-refractivity contribution in [3.8, 4) is 0 Å². The summed E-state index contributed by atoms with van der Waals surface area (Å²) in [5.41, 5.74) is -0.0389. The van der Waals surface area contributed by atoms with E-state index in [-0.39, 0.29) is 18.2 Å². The Morgan fingerprint density at radius 3 is 2.95 bits per heavy atom. The monoisotopic (exact) mass is 284 g/mol. The van der Waals surface area contributed by atoms with Crippen LogP contribution in [0.3, 0.4) is 0 Å². The minimum atomic E-state index is -0.449. The van der Waals surface area contributed by atoms with E-state index < -0.39 is 5.56 Å². The van der Waals surface area contributed by atoms with Gasteiger partial charge >= 0.3 is 0 Å². The van der Waals surface area contributed by atoms with Gasteiger partial charge in [0.05, 0.1) is 31.6 Å². The van der Waals surface area contributed by atoms with Crippen LogP contribution >= 0.6 is 11.6 Å². The van der Waals surface area contributed by atoms with Gasteiger partial charge < -0.3 is 10.4 Å². The van der Waals surface area contributed by atoms with Gasteiger partial charge in [0.15, 0.2) is 5.82 Å². The number of hydrogen-bond donors (Lipinski definition) is 2. The fourth-order valence-corrected chi connectivity index (χ4v) is 1.69. The average Bonchev–Trinajstić information content (AvgIpc) is 2.80. The molecular weight excluding hydrogens is 272 g/mol. The molecule has 0 amide bonds. The van der Waals surface area contributed by atoms with Crippen molar-refractivity contribution in [3.63, 3.8) is 0 Å². The topological polar surface area (TPSA) is 97.9 Å². The molecule has 102 valence electrons. The lowest BCUT2D eigenvalue weighted by molar-refractivity contribution is 0.266. The Morgan fingerprint density at radius 2 is 2.32 bits per heavy atom. The second-order valence-electron chi connectivity index (χ2n) is 3.81. The Labute approximate surface area is 113 Å². The van der Waals surface area contributed by atoms with E-state index in [4.69, 9.17) is 16.7 Å². The van der Waals surface area contributed by atoms with Crippen LogP contribution in [0.5, 0.6) is 0 Å². The van der Waals surface area contributed by atoms with Gasteiger partial charge in [-0.25, -0.2) is 9.67 Å². The first kappa shape index (κ1) is 13.5. The summed E-state index contributed by atoms with van der Waals surface area (Å²) >= 11 is 5.94. The lowest BCUT2D eigenvalue weighted by Gasteiger charge is -2.08. The smallest absolute Gasteiger partial charge is 0.287 e. The van der Waals surface area contributed by atoms with Crippen LogP contribution < -0.4 is 10.9 Å². The molecule has 0 fully saturated rings. The zero-order valence-electron chi connectivity index (χ0n) is 10.2. The molecule has 0 aromatic carbocycles. The van der Waals surface area contributed by atoms with Gasteiger partial charge in [0, 0.05) is 7.05 Å². The second kappa shape index (κ2) is 5.81. The quantitative estimate of drug-likeness (QED) is 0.777. The molecule has 2 aromatic rings. The Morgan fingerprint density at radius 1 is 1.53 bits per heavy atom. The van der Waals surface area contributed by atoms with E-state index in [0.29, 0.717) is 18.1 Å². The van der Waals surface area contributed by atoms with Crippen molar-refractivity contribution in [2.75, 3.05) is 11.9 Å². The highest BCUT2D eigenvalue weighted by molar-refractivity contribution is 6.32. The van der Waals surface area contributed by atoms with Crippen molar-refractivity contribution in [2.45, 2.75) is 13.1 Å². The number of aryl methyl sites for hydroxylation is 1. The molecule has 0 spiro atoms. The van der Waals surface area contributed by atoms with Gasteiger partial charge in [0.25, 0.3) is 5.56 Å². The molecule has 9 heteroatoms. The number of nitrogens with one attached hydrogen (secondary N) is 1. The number of aromatic nitrogens is 5. The molecule has 0 aliphatic heterocycles. The van der Waals surface area contributed by atoms with Crippen LogP contribution in [-0.4, -0.2) is 36.3 Å². The van der Waals surface area contributed by atoms with Gasteiger partial charge in [0.1, 0.15) is 11.3 Å². The molecule has 8 nitrogen and oxygen atoms in total. The van der Waals surface area contributed by atoms with Gasteiger partial charge in [-0.3, -0.25) is 9.48 Å². The molecule has 0 saturated heterocycles. The Bertz CT molecular complexity index is 623. The summed E-state index contributed by atoms with van der Waals surface area (Å²) in [6, 6.07) is 0. The Kier molecular flexibility index (Phi) is 4.13. The second-order valence-corrected chi connectivity index (χ2v) is 4.19. The van der Waals surface area contributed by atoms with Crippen LogP contribution in [0.2, 0.25) is 5.02 Å². The highest BCUT2D eigenvalue weighted by atomic mass is 35.5. The predicted molar refractivity (Wildman–Crippen MR) is 68.9 cm³/mol. The largest absolute Gasteiger partial charge is 0.394 e. The molecule has 2 aromatic heterocycles. The van der Waals surface area contributed by atoms with Crippen molar-refractivity contribution < 1.29 is 5.11 Å². The van der Waals surface area contributed by atoms with Gasteiger partial charge in [-0.15, -0.1) is 0 Å². The van der Waals surface area contributed by atoms with Crippen LogP contribution in [0.1, 0.15) is 5.82 Å². The van der Waals surface area contributed by atoms with E-state index in [1.54, 1.807) is 18.1 Å². The Hall–Kier alpha value is -1.93. The van der Waals surface area contributed by atoms with Crippen molar-refractivity contribution in [1.29, 1.82) is 0 Å². The Balaban J connectivity index is 2.13. The van der Waals surface area contributed by atoms with Crippen LogP contribution in [0.25, 0.3) is 0 Å². The van der Waals surface area contributed by atoms with E-state index in [1.807, 2.05) is 0 Å². The van der Waals surface area contributed by atoms with Crippen molar-refractivity contribution in [2.24, 2.45) is 7.05 Å². The zero-order chi connectivity index (χ0) is 13.8. The lowest BCUT2D eigenvalue weighted by atomic mass is 10.4. The van der Waals surface area contributed by atoms with Gasteiger partial charge in [0.2, 0.25) is 0 Å². The number of anilines is 1. The van der Waals surface area contributed by atoms with Gasteiger partial charge in [-0.05, 0) is 0 Å². The fraction of sp³-hybridized carbons (Fsp3) is 0.400. The maximum Gasteiger partial charge on any atom is 0.287 e. The number of rotatable bonds is 5. The third-order valence-electron chi connectivity index (χ3n) is 2.38. The number of halogens is 1. The minimum Gasteiger partial charge on any atom is -0.394 e. The molecule has 0 atom stereocenters. The maximum atomic E-state index is 11.8. The SMILES string of the molecule is Cn1cnc(CNc2cnn(CCO)c(=O)c2Cl)n1. The highest BCUT2D eigenvalue weighted by Gasteiger charge is 2.09. The van der Waals surface area contributed by atoms with E-state index in [1.165, 1.54) is 6.20 Å². The normalized spacial score (nSPS) is 10.7. The summed E-state index contributed by atoms with van der Waals surface area (Å²) in [6.45, 7) is 0.278. The molecule has 2 N–H and O–H groups in total. The summed E-state index contributed by atoms with van der Waals surface area (Å²) in [5, 5.41) is 19.7. The number of nitrogens with zero attached hydrogens (tertiary/aromatic N) is 5. The van der Waals surface area contributed by atoms with Crippen molar-refractivity contribution in [3.05, 3.63) is 33.7 Å². The molecule has 0 aliphatic rings. The third-order valence-corrected chi connectivity index (χ3v) is 2.75. The lowest BCUT2D eigenvalue weighted by Crippen LogP contribution is -2.25. The van der Waals surface area contributed by atoms with Crippen LogP contribution in [0.15, 0.2) is 17.3 Å². The number of hydrogen-bond acceptors (Lipinski definition) is 6. The minimum absolute atomic E-state index is 0.0272. The molecule has 2 rings (SSSR count). The third kappa shape index (κ3) is 3.09. The first-order valence-corrected chi connectivity index (χ1v) is 5.94. The van der Waals surface area contributed by atoms with Gasteiger partial charge in [-0.1, -0.05) is 11.6 Å². The zero-order valence-corrected chi connectivity index (χ0v) is 11.0. The summed E-state index contributed by atoms with van der Waals surface area (Å²) in [6.07, 6.45) is 3.01. The predicted octanol–water partition coefficient (Wildman–Crippen LogP) is -0.370. The standard InChI is InChI=1S/C10H13ClN6O2/c1-16-6-13-8(15-16)5-12-7-4-14-17(2-3-18)10(19)9(7)11/h4,6,12,18H,2-3,5H2,1H3. The summed E-state index contributed by atoms with van der Waals surface area (Å²) in [7, 11) is 1.76.